The average molecular weight is 226 g/mol. The van der Waals surface area contributed by atoms with Gasteiger partial charge in [-0.1, -0.05) is 39.8 Å². The van der Waals surface area contributed by atoms with Gasteiger partial charge in [0.25, 0.3) is 0 Å². The highest BCUT2D eigenvalue weighted by atomic mass is 32.2. The highest BCUT2D eigenvalue weighted by molar-refractivity contribution is 8.01. The Balaban J connectivity index is 2.59. The zero-order valence-electron chi connectivity index (χ0n) is 10.2. The Morgan fingerprint density at radius 1 is 1.27 bits per heavy atom. The summed E-state index contributed by atoms with van der Waals surface area (Å²) in [5.74, 6) is 1.66. The van der Waals surface area contributed by atoms with Crippen LogP contribution in [0.4, 0.5) is 0 Å². The smallest absolute Gasteiger partial charge is 0.150 e. The minimum Gasteiger partial charge on any atom is -0.298 e. The van der Waals surface area contributed by atoms with Gasteiger partial charge in [-0.2, -0.15) is 0 Å². The quantitative estimate of drug-likeness (QED) is 0.680. The van der Waals surface area contributed by atoms with Crippen LogP contribution < -0.4 is 0 Å². The van der Waals surface area contributed by atoms with E-state index in [1.807, 2.05) is 11.8 Å². The van der Waals surface area contributed by atoms with Crippen LogP contribution in [0, 0.1) is 11.8 Å². The molecule has 1 aliphatic rings. The van der Waals surface area contributed by atoms with Crippen LogP contribution >= 0.6 is 11.8 Å². The number of carbonyl (C=O) groups is 1. The fraction of sp³-hybridized carbons (Fsp3) is 0.769. The highest BCUT2D eigenvalue weighted by Crippen LogP contribution is 2.37. The van der Waals surface area contributed by atoms with Crippen molar-refractivity contribution in [3.05, 3.63) is 12.2 Å². The van der Waals surface area contributed by atoms with Crippen molar-refractivity contribution in [1.82, 2.24) is 0 Å². The lowest BCUT2D eigenvalue weighted by Gasteiger charge is -2.26. The van der Waals surface area contributed by atoms with Crippen LogP contribution in [0.25, 0.3) is 0 Å². The standard InChI is InChI=1S/C13H22OS/c1-8(2)13(9(3)4)15-12-7-10(5)6-11(12)14/h8-9,12-13H,5-7H2,1-4H3. The molecule has 86 valence electrons. The topological polar surface area (TPSA) is 17.1 Å². The average Bonchev–Trinajstić information content (AvgIpc) is 2.39. The molecule has 1 nitrogen and oxygen atoms in total. The summed E-state index contributed by atoms with van der Waals surface area (Å²) >= 11 is 1.87. The molecule has 0 bridgehead atoms. The predicted molar refractivity (Wildman–Crippen MR) is 68.2 cm³/mol. The summed E-state index contributed by atoms with van der Waals surface area (Å²) < 4.78 is 0. The van der Waals surface area contributed by atoms with E-state index in [-0.39, 0.29) is 5.25 Å². The van der Waals surface area contributed by atoms with Gasteiger partial charge in [-0.15, -0.1) is 11.8 Å². The van der Waals surface area contributed by atoms with Crippen molar-refractivity contribution in [1.29, 1.82) is 0 Å². The summed E-state index contributed by atoms with van der Waals surface area (Å²) in [4.78, 5) is 11.7. The molecule has 2 heteroatoms. The van der Waals surface area contributed by atoms with E-state index in [0.29, 0.717) is 29.3 Å². The first-order valence-corrected chi connectivity index (χ1v) is 6.71. The molecule has 0 radical (unpaired) electrons. The van der Waals surface area contributed by atoms with Gasteiger partial charge < -0.3 is 0 Å². The van der Waals surface area contributed by atoms with Crippen LogP contribution in [0.1, 0.15) is 40.5 Å². The Labute approximate surface area is 97.7 Å². The molecule has 0 saturated heterocycles. The van der Waals surface area contributed by atoms with E-state index in [9.17, 15) is 4.79 Å². The molecule has 0 amide bonds. The summed E-state index contributed by atoms with van der Waals surface area (Å²) in [7, 11) is 0. The number of thioether (sulfide) groups is 1. The molecule has 1 aliphatic carbocycles. The molecule has 1 rings (SSSR count). The summed E-state index contributed by atoms with van der Waals surface area (Å²) in [6.07, 6.45) is 1.51. The largest absolute Gasteiger partial charge is 0.298 e. The van der Waals surface area contributed by atoms with Crippen LogP contribution in [-0.4, -0.2) is 16.3 Å². The van der Waals surface area contributed by atoms with E-state index >= 15 is 0 Å². The lowest BCUT2D eigenvalue weighted by Crippen LogP contribution is -2.23. The minimum atomic E-state index is 0.187. The van der Waals surface area contributed by atoms with Crippen LogP contribution in [0.15, 0.2) is 12.2 Å². The van der Waals surface area contributed by atoms with E-state index < -0.39 is 0 Å². The molecule has 1 fully saturated rings. The first-order chi connectivity index (χ1) is 6.91. The Morgan fingerprint density at radius 3 is 2.13 bits per heavy atom. The maximum atomic E-state index is 11.7. The van der Waals surface area contributed by atoms with E-state index in [4.69, 9.17) is 0 Å². The molecule has 0 aliphatic heterocycles. The Kier molecular flexibility index (Phi) is 4.45. The second-order valence-corrected chi connectivity index (χ2v) is 6.56. The normalized spacial score (nSPS) is 22.5. The number of rotatable bonds is 4. The second kappa shape index (κ2) is 5.20. The molecule has 1 saturated carbocycles. The van der Waals surface area contributed by atoms with Gasteiger partial charge in [0.1, 0.15) is 5.78 Å². The molecule has 0 aromatic heterocycles. The fourth-order valence-corrected chi connectivity index (χ4v) is 3.78. The molecule has 1 atom stereocenters. The number of carbonyl (C=O) groups excluding carboxylic acids is 1. The first kappa shape index (κ1) is 12.8. The number of ketones is 1. The SMILES string of the molecule is C=C1CC(=O)C(SC(C(C)C)C(C)C)C1. The van der Waals surface area contributed by atoms with Gasteiger partial charge >= 0.3 is 0 Å². The maximum absolute atomic E-state index is 11.7. The number of hydrogen-bond donors (Lipinski definition) is 0. The summed E-state index contributed by atoms with van der Waals surface area (Å²) in [5.41, 5.74) is 1.11. The van der Waals surface area contributed by atoms with Crippen molar-refractivity contribution in [2.24, 2.45) is 11.8 Å². The lowest BCUT2D eigenvalue weighted by atomic mass is 10.0. The maximum Gasteiger partial charge on any atom is 0.150 e. The zero-order valence-corrected chi connectivity index (χ0v) is 11.1. The Hall–Kier alpha value is -0.240. The number of hydrogen-bond acceptors (Lipinski definition) is 2. The highest BCUT2D eigenvalue weighted by Gasteiger charge is 2.31. The van der Waals surface area contributed by atoms with Gasteiger partial charge in [0.05, 0.1) is 5.25 Å². The van der Waals surface area contributed by atoms with Crippen molar-refractivity contribution >= 4 is 17.5 Å². The van der Waals surface area contributed by atoms with Crippen molar-refractivity contribution in [2.45, 2.75) is 51.0 Å². The van der Waals surface area contributed by atoms with Crippen LogP contribution in [0.3, 0.4) is 0 Å². The van der Waals surface area contributed by atoms with Crippen LogP contribution in [0.2, 0.25) is 0 Å². The third kappa shape index (κ3) is 3.37. The van der Waals surface area contributed by atoms with Crippen molar-refractivity contribution in [3.8, 4) is 0 Å². The third-order valence-corrected chi connectivity index (χ3v) is 5.05. The lowest BCUT2D eigenvalue weighted by molar-refractivity contribution is -0.116. The summed E-state index contributed by atoms with van der Waals surface area (Å²) in [5, 5.41) is 0.775. The molecule has 15 heavy (non-hydrogen) atoms. The summed E-state index contributed by atoms with van der Waals surface area (Å²) in [6, 6.07) is 0. The molecule has 0 aromatic rings. The number of allylic oxidation sites excluding steroid dienone is 1. The second-order valence-electron chi connectivity index (χ2n) is 5.17. The first-order valence-electron chi connectivity index (χ1n) is 5.76. The molecule has 0 heterocycles. The Bertz CT molecular complexity index is 247. The van der Waals surface area contributed by atoms with Crippen LogP contribution in [-0.2, 0) is 4.79 Å². The molecular formula is C13H22OS. The van der Waals surface area contributed by atoms with Gasteiger partial charge in [0.15, 0.2) is 0 Å². The molecule has 0 spiro atoms. The fourth-order valence-electron chi connectivity index (χ4n) is 2.21. The third-order valence-electron chi connectivity index (χ3n) is 2.89. The van der Waals surface area contributed by atoms with Gasteiger partial charge in [-0.3, -0.25) is 4.79 Å². The predicted octanol–water partition coefficient (Wildman–Crippen LogP) is 3.69. The number of Topliss-reactive ketones (excluding diaryl/α,β-unsaturated/α-hetero) is 1. The molecule has 1 unspecified atom stereocenters. The molecule has 0 N–H and O–H groups in total. The van der Waals surface area contributed by atoms with Crippen molar-refractivity contribution < 1.29 is 4.79 Å². The van der Waals surface area contributed by atoms with Gasteiger partial charge in [0, 0.05) is 11.7 Å². The van der Waals surface area contributed by atoms with Gasteiger partial charge in [0.2, 0.25) is 0 Å². The van der Waals surface area contributed by atoms with E-state index in [0.717, 1.165) is 12.0 Å². The van der Waals surface area contributed by atoms with Crippen LogP contribution in [0.5, 0.6) is 0 Å². The molecule has 0 aromatic carbocycles. The van der Waals surface area contributed by atoms with Crippen molar-refractivity contribution in [3.63, 3.8) is 0 Å². The van der Waals surface area contributed by atoms with Crippen molar-refractivity contribution in [2.75, 3.05) is 0 Å². The van der Waals surface area contributed by atoms with E-state index in [1.165, 1.54) is 0 Å². The van der Waals surface area contributed by atoms with E-state index in [1.54, 1.807) is 0 Å². The van der Waals surface area contributed by atoms with E-state index in [2.05, 4.69) is 34.3 Å². The van der Waals surface area contributed by atoms with Gasteiger partial charge in [-0.05, 0) is 18.3 Å². The zero-order chi connectivity index (χ0) is 11.6. The minimum absolute atomic E-state index is 0.187. The van der Waals surface area contributed by atoms with Gasteiger partial charge in [-0.25, -0.2) is 0 Å². The monoisotopic (exact) mass is 226 g/mol. The Morgan fingerprint density at radius 2 is 1.80 bits per heavy atom. The molecular weight excluding hydrogens is 204 g/mol. The summed E-state index contributed by atoms with van der Waals surface area (Å²) in [6.45, 7) is 12.9.